The van der Waals surface area contributed by atoms with Gasteiger partial charge in [0, 0.05) is 20.8 Å². The van der Waals surface area contributed by atoms with Crippen LogP contribution in [0.2, 0.25) is 0 Å². The number of nitrogens with one attached hydrogen (secondary N) is 4. The molecule has 4 aliphatic rings. The summed E-state index contributed by atoms with van der Waals surface area (Å²) < 4.78 is 85.8. The van der Waals surface area contributed by atoms with Crippen LogP contribution < -0.4 is 55.6 Å². The summed E-state index contributed by atoms with van der Waals surface area (Å²) in [6, 6.07) is -0.621. The third-order valence-electron chi connectivity index (χ3n) is 13.2. The third kappa shape index (κ3) is 19.2. The molecule has 0 bridgehead atoms. The molecule has 0 aromatic heterocycles. The molecule has 0 saturated carbocycles. The van der Waals surface area contributed by atoms with Crippen molar-refractivity contribution in [3.05, 3.63) is 42.0 Å². The maximum Gasteiger partial charge on any atom is 1.00 e. The van der Waals surface area contributed by atoms with Crippen molar-refractivity contribution in [3.8, 4) is 5.75 Å². The molecule has 0 aliphatic carbocycles. The van der Waals surface area contributed by atoms with Crippen LogP contribution in [-0.4, -0.2) is 238 Å². The molecule has 4 fully saturated rings. The van der Waals surface area contributed by atoms with Crippen molar-refractivity contribution in [2.24, 2.45) is 0 Å². The average molecular weight is 1160 g/mol. The number of carbonyl (C=O) groups is 4. The number of carbonyl (C=O) groups excluding carboxylic acids is 4. The van der Waals surface area contributed by atoms with Gasteiger partial charge in [-0.25, -0.2) is 8.42 Å². The van der Waals surface area contributed by atoms with E-state index in [1.165, 1.54) is 18.9 Å². The number of benzene rings is 1. The van der Waals surface area contributed by atoms with Gasteiger partial charge in [-0.2, -0.15) is 0 Å². The van der Waals surface area contributed by atoms with Gasteiger partial charge in [-0.1, -0.05) is 50.5 Å². The van der Waals surface area contributed by atoms with E-state index in [-0.39, 0.29) is 47.5 Å². The maximum absolute atomic E-state index is 14.0. The van der Waals surface area contributed by atoms with Gasteiger partial charge in [0.25, 0.3) is 5.91 Å². The Balaban J connectivity index is 0.0000134. The van der Waals surface area contributed by atoms with Gasteiger partial charge in [-0.05, 0) is 37.8 Å². The van der Waals surface area contributed by atoms with Crippen molar-refractivity contribution < 1.29 is 150 Å². The number of amides is 4. The molecule has 444 valence electrons. The monoisotopic (exact) mass is 1160 g/mol. The first-order chi connectivity index (χ1) is 37.0. The molecular weight excluding hydrogens is 1090 g/mol. The molecule has 4 aliphatic heterocycles. The minimum Gasteiger partial charge on any atom is -0.726 e. The first kappa shape index (κ1) is 68.4. The summed E-state index contributed by atoms with van der Waals surface area (Å²) in [5.41, 5.74) is 0.0191. The predicted octanol–water partition coefficient (Wildman–Crippen LogP) is -7.71. The third-order valence-corrected chi connectivity index (χ3v) is 13.7. The van der Waals surface area contributed by atoms with E-state index in [9.17, 15) is 78.1 Å². The standard InChI is InChI=1S/C48H76N4O25S.Na/c1-5-6-7-8-9-10-11-12-15-18-69-27-17-14-13-16-26(27)44(64)52-33-37(60)36(59)28(19-53)72-46(33)75-41-29(20-54)73-47(34(39(41)62)50-24(3)57)76-42-30(21-55)74-48(35(40(42)63)51-25(4)58)77-43-31(22-70-78(66,67)68)71-45(65)32(38(43)61)49-23(2)56;/h10-11,13-14,16-17,28-43,45-48,53-55,59-63,65H,5-9,12,15,18-22H2,1-4H3,(H,49,56)(H,50,57)(H,51,58)(H,52,64)(H,66,67,68);/q;+1/p-1/b11-10-;/t28?,29-,30?,31-,32?,33?,34?,35?,36+,37+,38?,39?,40+,41+,42+,43+,45+,46-,47-,48-;/m0./s1. The first-order valence-electron chi connectivity index (χ1n) is 25.6. The van der Waals surface area contributed by atoms with Crippen molar-refractivity contribution in [2.45, 2.75) is 195 Å². The summed E-state index contributed by atoms with van der Waals surface area (Å²) in [7, 11) is -5.41. The van der Waals surface area contributed by atoms with Crippen LogP contribution in [0.1, 0.15) is 83.0 Å². The summed E-state index contributed by atoms with van der Waals surface area (Å²) in [6.07, 6.45) is -18.6. The normalized spacial score (nSPS) is 35.0. The quantitative estimate of drug-likeness (QED) is 0.0128. The van der Waals surface area contributed by atoms with Crippen LogP contribution in [0.25, 0.3) is 0 Å². The number of para-hydroxylation sites is 1. The molecule has 4 heterocycles. The first-order valence-corrected chi connectivity index (χ1v) is 27.0. The Morgan fingerprint density at radius 1 is 0.595 bits per heavy atom. The molecular formula is C48H75N4NaO25S. The molecule has 29 nitrogen and oxygen atoms in total. The zero-order valence-corrected chi connectivity index (χ0v) is 47.3. The minimum atomic E-state index is -5.41. The molecule has 31 heteroatoms. The smallest absolute Gasteiger partial charge is 0.726 e. The van der Waals surface area contributed by atoms with Crippen LogP contribution in [0.5, 0.6) is 5.75 Å². The van der Waals surface area contributed by atoms with Gasteiger partial charge in [-0.15, -0.1) is 0 Å². The molecule has 8 unspecified atom stereocenters. The Morgan fingerprint density at radius 2 is 1.05 bits per heavy atom. The SMILES string of the molecule is CCCCCC/C=C\CCCOc1ccccc1C(=O)NC1[C@H](O[C@H]2C(O)C(NC(C)=O)[C@H](O[C@@H]3C(CO)O[C@@H](O[C@H]4C(O)C(NC(C)=O)[C@H](O)O[C@H]4COS(=O)(=O)[O-])C(NC(C)=O)[C@H]3O)O[C@H]2CO)OC(CO)[C@@H](O)[C@@H]1O.[Na+]. The van der Waals surface area contributed by atoms with Gasteiger partial charge in [0.05, 0.1) is 38.6 Å². The summed E-state index contributed by atoms with van der Waals surface area (Å²) in [5.74, 6) is -3.08. The maximum atomic E-state index is 14.0. The van der Waals surface area contributed by atoms with Crippen LogP contribution in [0.4, 0.5) is 0 Å². The Morgan fingerprint density at radius 3 is 1.54 bits per heavy atom. The van der Waals surface area contributed by atoms with Crippen LogP contribution in [-0.2, 0) is 62.1 Å². The molecule has 0 radical (unpaired) electrons. The summed E-state index contributed by atoms with van der Waals surface area (Å²) in [5, 5.41) is 109. The second-order valence-corrected chi connectivity index (χ2v) is 20.2. The molecule has 0 spiro atoms. The summed E-state index contributed by atoms with van der Waals surface area (Å²) in [4.78, 5) is 51.3. The van der Waals surface area contributed by atoms with Gasteiger partial charge in [0.15, 0.2) is 25.2 Å². The van der Waals surface area contributed by atoms with E-state index in [0.717, 1.165) is 46.5 Å². The molecule has 4 saturated heterocycles. The van der Waals surface area contributed by atoms with Gasteiger partial charge < -0.3 is 110 Å². The Hall–Kier alpha value is -3.13. The molecule has 20 atom stereocenters. The zero-order chi connectivity index (χ0) is 57.4. The van der Waals surface area contributed by atoms with E-state index in [1.807, 2.05) is 0 Å². The molecule has 13 N–H and O–H groups in total. The van der Waals surface area contributed by atoms with Gasteiger partial charge in [-0.3, -0.25) is 23.4 Å². The molecule has 4 amide bonds. The minimum absolute atomic E-state index is 0. The second-order valence-electron chi connectivity index (χ2n) is 19.2. The summed E-state index contributed by atoms with van der Waals surface area (Å²) >= 11 is 0. The van der Waals surface area contributed by atoms with Gasteiger partial charge in [0.1, 0.15) is 103 Å². The number of unbranched alkanes of at least 4 members (excludes halogenated alkanes) is 5. The Kier molecular flexibility index (Phi) is 28.3. The van der Waals surface area contributed by atoms with Crippen molar-refractivity contribution >= 4 is 34.0 Å². The van der Waals surface area contributed by atoms with Crippen LogP contribution >= 0.6 is 0 Å². The predicted molar refractivity (Wildman–Crippen MR) is 262 cm³/mol. The fourth-order valence-corrected chi connectivity index (χ4v) is 9.69. The second kappa shape index (κ2) is 32.6. The number of hydrogen-bond acceptors (Lipinski definition) is 25. The van der Waals surface area contributed by atoms with Crippen molar-refractivity contribution in [3.63, 3.8) is 0 Å². The molecule has 79 heavy (non-hydrogen) atoms. The van der Waals surface area contributed by atoms with Crippen molar-refractivity contribution in [2.75, 3.05) is 33.0 Å². The van der Waals surface area contributed by atoms with Crippen molar-refractivity contribution in [1.29, 1.82) is 0 Å². The Labute approximate surface area is 478 Å². The topological polar surface area (TPSA) is 439 Å². The number of aliphatic hydroxyl groups excluding tert-OH is 9. The Bertz CT molecular complexity index is 2230. The summed E-state index contributed by atoms with van der Waals surface area (Å²) in [6.45, 7) is 1.38. The number of rotatable bonds is 27. The van der Waals surface area contributed by atoms with Crippen LogP contribution in [0, 0.1) is 0 Å². The van der Waals surface area contributed by atoms with Crippen molar-refractivity contribution in [1.82, 2.24) is 21.3 Å². The molecule has 5 rings (SSSR count). The van der Waals surface area contributed by atoms with E-state index < -0.39 is 183 Å². The van der Waals surface area contributed by atoms with E-state index in [4.69, 9.17) is 37.9 Å². The largest absolute Gasteiger partial charge is 1.00 e. The molecule has 1 aromatic carbocycles. The number of ether oxygens (including phenoxy) is 8. The van der Waals surface area contributed by atoms with E-state index in [2.05, 4.69) is 44.5 Å². The van der Waals surface area contributed by atoms with E-state index >= 15 is 0 Å². The fraction of sp³-hybridized carbons (Fsp3) is 0.750. The van der Waals surface area contributed by atoms with Gasteiger partial charge in [0.2, 0.25) is 28.1 Å². The van der Waals surface area contributed by atoms with E-state index in [0.29, 0.717) is 6.42 Å². The van der Waals surface area contributed by atoms with Gasteiger partial charge >= 0.3 is 29.6 Å². The van der Waals surface area contributed by atoms with Crippen LogP contribution in [0.15, 0.2) is 36.4 Å². The number of hydrogen-bond donors (Lipinski definition) is 13. The van der Waals surface area contributed by atoms with E-state index in [1.54, 1.807) is 18.2 Å². The van der Waals surface area contributed by atoms with Crippen LogP contribution in [0.3, 0.4) is 0 Å². The number of aliphatic hydroxyl groups is 9. The molecule has 1 aromatic rings. The average Bonchev–Trinajstić information content (AvgIpc) is 3.41. The fourth-order valence-electron chi connectivity index (χ4n) is 9.39. The number of allylic oxidation sites excluding steroid dienone is 2. The zero-order valence-electron chi connectivity index (χ0n) is 44.5.